The van der Waals surface area contributed by atoms with Crippen molar-refractivity contribution in [3.05, 3.63) is 66.2 Å². The highest BCUT2D eigenvalue weighted by molar-refractivity contribution is 6.00. The van der Waals surface area contributed by atoms with Crippen molar-refractivity contribution in [1.82, 2.24) is 5.32 Å². The molecular formula is C19H23ClN2O. The molecular weight excluding hydrogens is 308 g/mol. The zero-order chi connectivity index (χ0) is 15.4. The Bertz CT molecular complexity index is 618. The van der Waals surface area contributed by atoms with Crippen LogP contribution in [0.3, 0.4) is 0 Å². The van der Waals surface area contributed by atoms with Crippen LogP contribution in [-0.2, 0) is 11.2 Å². The number of hydrogen-bond donors (Lipinski definition) is 1. The number of anilines is 1. The van der Waals surface area contributed by atoms with E-state index in [1.165, 1.54) is 5.56 Å². The molecule has 0 spiro atoms. The van der Waals surface area contributed by atoms with Gasteiger partial charge in [-0.2, -0.15) is 0 Å². The second-order valence-electron chi connectivity index (χ2n) is 5.87. The van der Waals surface area contributed by atoms with Crippen LogP contribution in [0.2, 0.25) is 0 Å². The number of nitrogens with zero attached hydrogens (tertiary/aromatic N) is 1. The van der Waals surface area contributed by atoms with Gasteiger partial charge in [0, 0.05) is 11.7 Å². The van der Waals surface area contributed by atoms with E-state index in [1.54, 1.807) is 0 Å². The van der Waals surface area contributed by atoms with Crippen LogP contribution in [0.4, 0.5) is 5.69 Å². The maximum absolute atomic E-state index is 12.6. The van der Waals surface area contributed by atoms with Crippen molar-refractivity contribution < 1.29 is 4.79 Å². The highest BCUT2D eigenvalue weighted by atomic mass is 35.5. The molecule has 0 aromatic heterocycles. The summed E-state index contributed by atoms with van der Waals surface area (Å²) in [7, 11) is 0. The molecule has 23 heavy (non-hydrogen) atoms. The highest BCUT2D eigenvalue weighted by Crippen LogP contribution is 2.26. The lowest BCUT2D eigenvalue weighted by Crippen LogP contribution is -2.39. The van der Waals surface area contributed by atoms with Gasteiger partial charge in [-0.05, 0) is 44.0 Å². The van der Waals surface area contributed by atoms with Crippen molar-refractivity contribution >= 4 is 24.0 Å². The quantitative estimate of drug-likeness (QED) is 0.911. The van der Waals surface area contributed by atoms with Crippen molar-refractivity contribution in [2.75, 3.05) is 11.4 Å². The molecule has 1 aliphatic rings. The summed E-state index contributed by atoms with van der Waals surface area (Å²) in [6, 6.07) is 20.5. The monoisotopic (exact) mass is 330 g/mol. The third kappa shape index (κ3) is 4.12. The molecule has 1 aliphatic heterocycles. The minimum atomic E-state index is -0.0704. The van der Waals surface area contributed by atoms with Crippen molar-refractivity contribution in [3.8, 4) is 0 Å². The molecule has 1 heterocycles. The van der Waals surface area contributed by atoms with Crippen LogP contribution in [0.15, 0.2) is 60.7 Å². The van der Waals surface area contributed by atoms with Gasteiger partial charge >= 0.3 is 0 Å². The van der Waals surface area contributed by atoms with Gasteiger partial charge in [-0.25, -0.2) is 0 Å². The molecule has 1 amide bonds. The Balaban J connectivity index is 0.00000192. The molecule has 2 unspecified atom stereocenters. The highest BCUT2D eigenvalue weighted by Gasteiger charge is 2.37. The number of halogens is 1. The summed E-state index contributed by atoms with van der Waals surface area (Å²) in [5.41, 5.74) is 2.29. The van der Waals surface area contributed by atoms with Crippen molar-refractivity contribution in [2.24, 2.45) is 0 Å². The number of hydrogen-bond acceptors (Lipinski definition) is 2. The van der Waals surface area contributed by atoms with Crippen molar-refractivity contribution in [2.45, 2.75) is 31.8 Å². The molecule has 0 radical (unpaired) electrons. The van der Waals surface area contributed by atoms with Gasteiger partial charge in [0.1, 0.15) is 0 Å². The van der Waals surface area contributed by atoms with E-state index in [0.29, 0.717) is 0 Å². The lowest BCUT2D eigenvalue weighted by atomic mass is 10.1. The van der Waals surface area contributed by atoms with Crippen LogP contribution >= 0.6 is 12.4 Å². The summed E-state index contributed by atoms with van der Waals surface area (Å²) in [5, 5.41) is 3.42. The molecule has 1 N–H and O–H groups in total. The summed E-state index contributed by atoms with van der Waals surface area (Å²) >= 11 is 0. The molecule has 2 aromatic rings. The minimum absolute atomic E-state index is 0. The number of nitrogens with one attached hydrogen (secondary N) is 1. The van der Waals surface area contributed by atoms with E-state index >= 15 is 0 Å². The molecule has 1 fully saturated rings. The van der Waals surface area contributed by atoms with Gasteiger partial charge in [0.25, 0.3) is 0 Å². The molecule has 2 aromatic carbocycles. The van der Waals surface area contributed by atoms with Gasteiger partial charge in [0.2, 0.25) is 5.91 Å². The van der Waals surface area contributed by atoms with E-state index in [0.717, 1.165) is 25.1 Å². The first-order valence-electron chi connectivity index (χ1n) is 7.91. The summed E-state index contributed by atoms with van der Waals surface area (Å²) in [5.74, 6) is 0.187. The Morgan fingerprint density at radius 1 is 1.04 bits per heavy atom. The normalized spacial score (nSPS) is 20.4. The molecule has 122 valence electrons. The smallest absolute Gasteiger partial charge is 0.244 e. The van der Waals surface area contributed by atoms with Crippen molar-refractivity contribution in [3.63, 3.8) is 0 Å². The minimum Gasteiger partial charge on any atom is -0.308 e. The van der Waals surface area contributed by atoms with Crippen LogP contribution in [0, 0.1) is 0 Å². The van der Waals surface area contributed by atoms with E-state index < -0.39 is 0 Å². The first-order chi connectivity index (χ1) is 10.8. The van der Waals surface area contributed by atoms with Crippen LogP contribution < -0.4 is 10.2 Å². The predicted molar refractivity (Wildman–Crippen MR) is 97.2 cm³/mol. The lowest BCUT2D eigenvalue weighted by Gasteiger charge is -2.21. The van der Waals surface area contributed by atoms with Gasteiger partial charge < -0.3 is 10.2 Å². The Morgan fingerprint density at radius 2 is 1.65 bits per heavy atom. The van der Waals surface area contributed by atoms with Crippen molar-refractivity contribution in [1.29, 1.82) is 0 Å². The zero-order valence-electron chi connectivity index (χ0n) is 13.3. The lowest BCUT2D eigenvalue weighted by molar-refractivity contribution is -0.118. The molecule has 0 bridgehead atoms. The standard InChI is InChI=1S/C19H22N2O.ClH/c1-15-14-18(20-13-12-16-8-4-2-5-9-16)19(22)21(15)17-10-6-3-7-11-17;/h2-11,15,18,20H,12-14H2,1H3;1H. The number of carbonyl (C=O) groups excluding carboxylic acids is 1. The largest absolute Gasteiger partial charge is 0.308 e. The summed E-state index contributed by atoms with van der Waals surface area (Å²) < 4.78 is 0. The maximum atomic E-state index is 12.6. The number of benzene rings is 2. The van der Waals surface area contributed by atoms with Crippen LogP contribution in [0.1, 0.15) is 18.9 Å². The van der Waals surface area contributed by atoms with E-state index in [1.807, 2.05) is 41.3 Å². The zero-order valence-corrected chi connectivity index (χ0v) is 14.1. The van der Waals surface area contributed by atoms with Crippen LogP contribution in [0.25, 0.3) is 0 Å². The van der Waals surface area contributed by atoms with Gasteiger partial charge in [0.15, 0.2) is 0 Å². The fourth-order valence-electron chi connectivity index (χ4n) is 3.11. The second-order valence-corrected chi connectivity index (χ2v) is 5.87. The summed E-state index contributed by atoms with van der Waals surface area (Å²) in [4.78, 5) is 14.5. The first-order valence-corrected chi connectivity index (χ1v) is 7.91. The molecule has 1 saturated heterocycles. The van der Waals surface area contributed by atoms with Crippen LogP contribution in [0.5, 0.6) is 0 Å². The summed E-state index contributed by atoms with van der Waals surface area (Å²) in [6.45, 7) is 2.94. The number of carbonyl (C=O) groups is 1. The molecule has 0 aliphatic carbocycles. The fraction of sp³-hybridized carbons (Fsp3) is 0.316. The number of amides is 1. The third-order valence-corrected chi connectivity index (χ3v) is 4.23. The average Bonchev–Trinajstić information content (AvgIpc) is 2.83. The molecule has 4 heteroatoms. The van der Waals surface area contributed by atoms with E-state index in [-0.39, 0.29) is 30.4 Å². The maximum Gasteiger partial charge on any atom is 0.244 e. The second kappa shape index (κ2) is 8.14. The predicted octanol–water partition coefficient (Wildman–Crippen LogP) is 3.43. The van der Waals surface area contributed by atoms with Gasteiger partial charge in [-0.15, -0.1) is 12.4 Å². The first kappa shape index (κ1) is 17.5. The van der Waals surface area contributed by atoms with E-state index in [9.17, 15) is 4.79 Å². The Kier molecular flexibility index (Phi) is 6.20. The van der Waals surface area contributed by atoms with E-state index in [2.05, 4.69) is 36.5 Å². The fourth-order valence-corrected chi connectivity index (χ4v) is 3.11. The van der Waals surface area contributed by atoms with E-state index in [4.69, 9.17) is 0 Å². The molecule has 0 saturated carbocycles. The summed E-state index contributed by atoms with van der Waals surface area (Å²) in [6.07, 6.45) is 1.81. The van der Waals surface area contributed by atoms with Gasteiger partial charge in [-0.1, -0.05) is 48.5 Å². The van der Waals surface area contributed by atoms with Gasteiger partial charge in [0.05, 0.1) is 6.04 Å². The molecule has 2 atom stereocenters. The Hall–Kier alpha value is -1.84. The van der Waals surface area contributed by atoms with Crippen LogP contribution in [-0.4, -0.2) is 24.5 Å². The SMILES string of the molecule is CC1CC(NCCc2ccccc2)C(=O)N1c1ccccc1.Cl. The Morgan fingerprint density at radius 3 is 2.30 bits per heavy atom. The third-order valence-electron chi connectivity index (χ3n) is 4.23. The number of rotatable bonds is 5. The molecule has 3 nitrogen and oxygen atoms in total. The average molecular weight is 331 g/mol. The number of para-hydroxylation sites is 1. The Labute approximate surface area is 144 Å². The van der Waals surface area contributed by atoms with Gasteiger partial charge in [-0.3, -0.25) is 4.79 Å². The topological polar surface area (TPSA) is 32.3 Å². The molecule has 3 rings (SSSR count).